The molecule has 160 valence electrons. The van der Waals surface area contributed by atoms with Crippen LogP contribution in [-0.4, -0.2) is 23.0 Å². The smallest absolute Gasteiger partial charge is 0.159 e. The number of hydrogen-bond donors (Lipinski definition) is 0. The van der Waals surface area contributed by atoms with Gasteiger partial charge in [-0.05, 0) is 31.8 Å². The summed E-state index contributed by atoms with van der Waals surface area (Å²) >= 11 is 0. The van der Waals surface area contributed by atoms with Gasteiger partial charge in [-0.25, -0.2) is 9.67 Å². The average molecular weight is 440 g/mol. The summed E-state index contributed by atoms with van der Waals surface area (Å²) in [5, 5.41) is 17.6. The highest BCUT2D eigenvalue weighted by Gasteiger charge is 2.43. The molecule has 0 fully saturated rings. The van der Waals surface area contributed by atoms with E-state index in [-0.39, 0.29) is 5.41 Å². The Hall–Kier alpha value is -3.22. The molecule has 0 amide bonds. The summed E-state index contributed by atoms with van der Waals surface area (Å²) in [6, 6.07) is 21.6. The van der Waals surface area contributed by atoms with E-state index in [0.29, 0.717) is 13.0 Å². The van der Waals surface area contributed by atoms with Crippen molar-refractivity contribution < 1.29 is 0 Å². The van der Waals surface area contributed by atoms with Crippen LogP contribution in [0.3, 0.4) is 0 Å². The third-order valence-corrected chi connectivity index (χ3v) is 9.00. The van der Waals surface area contributed by atoms with E-state index in [0.717, 1.165) is 11.5 Å². The largest absolute Gasteiger partial charge is 0.346 e. The third-order valence-electron chi connectivity index (χ3n) is 6.40. The van der Waals surface area contributed by atoms with E-state index < -0.39 is 7.92 Å². The lowest BCUT2D eigenvalue weighted by atomic mass is 9.84. The van der Waals surface area contributed by atoms with E-state index in [2.05, 4.69) is 99.6 Å². The van der Waals surface area contributed by atoms with Gasteiger partial charge in [-0.15, -0.1) is 0 Å². The van der Waals surface area contributed by atoms with Gasteiger partial charge in [-0.1, -0.05) is 62.4 Å². The molecule has 32 heavy (non-hydrogen) atoms. The summed E-state index contributed by atoms with van der Waals surface area (Å²) in [6.45, 7) is 7.25. The quantitative estimate of drug-likeness (QED) is 0.546. The molecule has 5 rings (SSSR count). The maximum atomic E-state index is 9.09. The van der Waals surface area contributed by atoms with Crippen LogP contribution in [0, 0.1) is 18.3 Å². The number of aryl methyl sites for hydroxylation is 2. The Morgan fingerprint density at radius 2 is 1.78 bits per heavy atom. The Kier molecular flexibility index (Phi) is 4.99. The highest BCUT2D eigenvalue weighted by Crippen LogP contribution is 2.56. The van der Waals surface area contributed by atoms with E-state index in [4.69, 9.17) is 15.4 Å². The van der Waals surface area contributed by atoms with Crippen LogP contribution in [0.2, 0.25) is 0 Å². The van der Waals surface area contributed by atoms with Gasteiger partial charge in [0.1, 0.15) is 0 Å². The second kappa shape index (κ2) is 7.73. The van der Waals surface area contributed by atoms with Crippen LogP contribution in [0.1, 0.15) is 31.5 Å². The first-order chi connectivity index (χ1) is 15.4. The van der Waals surface area contributed by atoms with Crippen LogP contribution in [0.25, 0.3) is 0 Å². The predicted octanol–water partition coefficient (Wildman–Crippen LogP) is 4.89. The van der Waals surface area contributed by atoms with E-state index in [1.807, 2.05) is 4.68 Å². The summed E-state index contributed by atoms with van der Waals surface area (Å²) in [5.74, 6) is 0.896. The molecule has 1 unspecified atom stereocenters. The molecule has 5 nitrogen and oxygen atoms in total. The number of para-hydroxylation sites is 1. The number of anilines is 1. The summed E-state index contributed by atoms with van der Waals surface area (Å²) in [5.41, 5.74) is 4.76. The summed E-state index contributed by atoms with van der Waals surface area (Å²) < 4.78 is 1.91. The summed E-state index contributed by atoms with van der Waals surface area (Å²) in [7, 11) is 1.33. The second-order valence-electron chi connectivity index (χ2n) is 8.75. The topological polar surface area (TPSA) is 57.2 Å². The molecule has 0 saturated heterocycles. The average Bonchev–Trinajstić information content (AvgIpc) is 3.23. The van der Waals surface area contributed by atoms with Gasteiger partial charge in [0.15, 0.2) is 5.82 Å². The van der Waals surface area contributed by atoms with Crippen LogP contribution >= 0.6 is 7.92 Å². The van der Waals surface area contributed by atoms with E-state index in [9.17, 15) is 0 Å². The van der Waals surface area contributed by atoms with Gasteiger partial charge in [0, 0.05) is 35.4 Å². The fourth-order valence-corrected chi connectivity index (χ4v) is 7.83. The molecular formula is C26H26N5P. The number of allylic oxidation sites excluding steroid dienone is 2. The number of benzene rings is 2. The van der Waals surface area contributed by atoms with Crippen molar-refractivity contribution in [3.8, 4) is 6.07 Å². The van der Waals surface area contributed by atoms with Crippen molar-refractivity contribution >= 4 is 36.3 Å². The Morgan fingerprint density at radius 3 is 2.50 bits per heavy atom. The molecule has 0 spiro atoms. The van der Waals surface area contributed by atoms with E-state index >= 15 is 0 Å². The number of likely N-dealkylation sites (N-methyl/N-ethyl adjacent to an activating group) is 1. The Morgan fingerprint density at radius 1 is 1.06 bits per heavy atom. The number of nitrogens with zero attached hydrogens (tertiary/aromatic N) is 5. The highest BCUT2D eigenvalue weighted by atomic mass is 31.1. The molecule has 0 aliphatic carbocycles. The molecule has 1 aromatic heterocycles. The van der Waals surface area contributed by atoms with Gasteiger partial charge < -0.3 is 4.90 Å². The summed E-state index contributed by atoms with van der Waals surface area (Å²) in [6.07, 6.45) is 2.48. The van der Waals surface area contributed by atoms with Crippen molar-refractivity contribution in [3.05, 3.63) is 76.9 Å². The first kappa shape index (κ1) is 20.7. The highest BCUT2D eigenvalue weighted by molar-refractivity contribution is 7.78. The first-order valence-corrected chi connectivity index (χ1v) is 12.2. The van der Waals surface area contributed by atoms with Crippen LogP contribution < -0.4 is 15.5 Å². The monoisotopic (exact) mass is 439 g/mol. The number of aromatic nitrogens is 2. The van der Waals surface area contributed by atoms with Gasteiger partial charge in [0.25, 0.3) is 0 Å². The van der Waals surface area contributed by atoms with Crippen LogP contribution in [-0.2, 0) is 12.0 Å². The number of fused-ring (bicyclic) bond motifs is 2. The molecule has 0 N–H and O–H groups in total. The molecule has 2 aliphatic rings. The van der Waals surface area contributed by atoms with E-state index in [1.54, 1.807) is 0 Å². The molecule has 0 saturated carbocycles. The number of nitriles is 1. The zero-order chi connectivity index (χ0) is 22.5. The van der Waals surface area contributed by atoms with Crippen LogP contribution in [0.15, 0.2) is 70.6 Å². The Balaban J connectivity index is 1.77. The normalized spacial score (nSPS) is 20.7. The molecule has 0 radical (unpaired) electrons. The van der Waals surface area contributed by atoms with Gasteiger partial charge in [-0.2, -0.15) is 10.4 Å². The maximum absolute atomic E-state index is 9.09. The minimum absolute atomic E-state index is 0.135. The molecular weight excluding hydrogens is 413 g/mol. The molecule has 1 atom stereocenters. The minimum Gasteiger partial charge on any atom is -0.346 e. The number of rotatable bonds is 3. The van der Waals surface area contributed by atoms with Crippen molar-refractivity contribution in [2.45, 2.75) is 39.2 Å². The predicted molar refractivity (Wildman–Crippen MR) is 133 cm³/mol. The third kappa shape index (κ3) is 3.02. The van der Waals surface area contributed by atoms with Gasteiger partial charge in [-0.3, -0.25) is 0 Å². The minimum atomic E-state index is -0.837. The van der Waals surface area contributed by atoms with Crippen molar-refractivity contribution in [1.82, 2.24) is 9.78 Å². The molecule has 2 aliphatic heterocycles. The Labute approximate surface area is 190 Å². The zero-order valence-electron chi connectivity index (χ0n) is 18.9. The molecule has 0 bridgehead atoms. The van der Waals surface area contributed by atoms with Crippen molar-refractivity contribution in [3.63, 3.8) is 0 Å². The van der Waals surface area contributed by atoms with Crippen molar-refractivity contribution in [2.75, 3.05) is 11.9 Å². The first-order valence-electron chi connectivity index (χ1n) is 10.9. The molecule has 6 heteroatoms. The second-order valence-corrected chi connectivity index (χ2v) is 10.9. The summed E-state index contributed by atoms with van der Waals surface area (Å²) in [4.78, 5) is 7.27. The van der Waals surface area contributed by atoms with Crippen LogP contribution in [0.4, 0.5) is 11.5 Å². The fourth-order valence-electron chi connectivity index (χ4n) is 5.03. The van der Waals surface area contributed by atoms with Crippen molar-refractivity contribution in [2.24, 2.45) is 4.99 Å². The SMILES string of the molecule is Cc1nn(CCC#N)c2c1P(c1ccccc1)C(=C1N(C)c3ccccc3C1(C)C)C=N2. The number of aliphatic imine (C=N–C) groups is 1. The zero-order valence-corrected chi connectivity index (χ0v) is 19.8. The molecule has 3 heterocycles. The van der Waals surface area contributed by atoms with Crippen LogP contribution in [0.5, 0.6) is 0 Å². The molecule has 2 aromatic carbocycles. The standard InChI is InChI=1S/C26H26N5P/c1-18-23-25(31(29-18)16-10-15-27)28-17-22(32(23)19-11-6-5-7-12-19)24-26(2,3)20-13-8-9-14-21(20)30(24)4/h5-9,11-14,17H,10,16H2,1-4H3. The lowest BCUT2D eigenvalue weighted by Crippen LogP contribution is -2.28. The van der Waals surface area contributed by atoms with Gasteiger partial charge in [0.2, 0.25) is 0 Å². The van der Waals surface area contributed by atoms with E-state index in [1.165, 1.54) is 32.9 Å². The fraction of sp³-hybridized carbons (Fsp3) is 0.269. The van der Waals surface area contributed by atoms with Gasteiger partial charge in [0.05, 0.1) is 30.0 Å². The van der Waals surface area contributed by atoms with Gasteiger partial charge >= 0.3 is 0 Å². The Bertz CT molecular complexity index is 1290. The lowest BCUT2D eigenvalue weighted by Gasteiger charge is -2.32. The molecule has 3 aromatic rings. The lowest BCUT2D eigenvalue weighted by molar-refractivity contribution is 0.626. The number of hydrogen-bond acceptors (Lipinski definition) is 4. The maximum Gasteiger partial charge on any atom is 0.159 e. The van der Waals surface area contributed by atoms with Crippen molar-refractivity contribution in [1.29, 1.82) is 5.26 Å².